The van der Waals surface area contributed by atoms with E-state index in [0.717, 1.165) is 50.9 Å². The van der Waals surface area contributed by atoms with Crippen LogP contribution in [-0.4, -0.2) is 32.1 Å². The monoisotopic (exact) mass is 366 g/mol. The van der Waals surface area contributed by atoms with Crippen LogP contribution in [0.3, 0.4) is 0 Å². The molecule has 2 N–H and O–H groups in total. The molecule has 1 heterocycles. The molecule has 0 bridgehead atoms. The van der Waals surface area contributed by atoms with Crippen molar-refractivity contribution in [2.45, 2.75) is 32.1 Å². The van der Waals surface area contributed by atoms with Crippen LogP contribution >= 0.6 is 0 Å². The van der Waals surface area contributed by atoms with E-state index in [4.69, 9.17) is 4.74 Å². The Morgan fingerprint density at radius 1 is 1.00 bits per heavy atom. The van der Waals surface area contributed by atoms with Crippen molar-refractivity contribution in [3.8, 4) is 5.75 Å². The number of benzene rings is 2. The maximum absolute atomic E-state index is 12.2. The van der Waals surface area contributed by atoms with Gasteiger partial charge in [-0.1, -0.05) is 42.5 Å². The minimum absolute atomic E-state index is 0.172. The molecule has 144 valence electrons. The standard InChI is InChI=1S/C23H30N2O2/c26-23(21-12-14-24-15-13-21)25-16-11-20-8-4-10-22(18-20)27-17-5-9-19-6-2-1-3-7-19/h1-4,6-8,10,18,21,24H,5,9,11-17H2,(H,25,26). The Morgan fingerprint density at radius 3 is 2.59 bits per heavy atom. The number of aryl methyl sites for hydroxylation is 1. The molecule has 1 aliphatic heterocycles. The van der Waals surface area contributed by atoms with Crippen LogP contribution in [0.25, 0.3) is 0 Å². The SMILES string of the molecule is O=C(NCCc1cccc(OCCCc2ccccc2)c1)C1CCNCC1. The average Bonchev–Trinajstić information content (AvgIpc) is 2.73. The minimum atomic E-state index is 0.172. The lowest BCUT2D eigenvalue weighted by atomic mass is 9.97. The number of carbonyl (C=O) groups excluding carboxylic acids is 1. The van der Waals surface area contributed by atoms with Gasteiger partial charge < -0.3 is 15.4 Å². The van der Waals surface area contributed by atoms with Crippen LogP contribution in [0.5, 0.6) is 5.75 Å². The molecule has 1 fully saturated rings. The van der Waals surface area contributed by atoms with Crippen LogP contribution in [0.2, 0.25) is 0 Å². The predicted octanol–water partition coefficient (Wildman–Crippen LogP) is 3.36. The lowest BCUT2D eigenvalue weighted by Gasteiger charge is -2.21. The normalized spacial score (nSPS) is 14.7. The molecular formula is C23H30N2O2. The number of amides is 1. The Bertz CT molecular complexity index is 697. The van der Waals surface area contributed by atoms with Crippen molar-refractivity contribution in [3.63, 3.8) is 0 Å². The summed E-state index contributed by atoms with van der Waals surface area (Å²) in [5, 5.41) is 6.38. The molecule has 4 heteroatoms. The molecule has 0 spiro atoms. The smallest absolute Gasteiger partial charge is 0.223 e. The summed E-state index contributed by atoms with van der Waals surface area (Å²) >= 11 is 0. The highest BCUT2D eigenvalue weighted by atomic mass is 16.5. The van der Waals surface area contributed by atoms with Crippen molar-refractivity contribution in [2.75, 3.05) is 26.2 Å². The largest absolute Gasteiger partial charge is 0.494 e. The predicted molar refractivity (Wildman–Crippen MR) is 109 cm³/mol. The van der Waals surface area contributed by atoms with Gasteiger partial charge >= 0.3 is 0 Å². The number of carbonyl (C=O) groups is 1. The Hall–Kier alpha value is -2.33. The lowest BCUT2D eigenvalue weighted by Crippen LogP contribution is -2.38. The third-order valence-corrected chi connectivity index (χ3v) is 5.04. The fourth-order valence-electron chi connectivity index (χ4n) is 3.46. The fraction of sp³-hybridized carbons (Fsp3) is 0.435. The van der Waals surface area contributed by atoms with Gasteiger partial charge in [0, 0.05) is 12.5 Å². The van der Waals surface area contributed by atoms with Gasteiger partial charge in [0.15, 0.2) is 0 Å². The van der Waals surface area contributed by atoms with Crippen LogP contribution in [0.1, 0.15) is 30.4 Å². The molecule has 1 aliphatic rings. The highest BCUT2D eigenvalue weighted by Crippen LogP contribution is 2.15. The molecular weight excluding hydrogens is 336 g/mol. The molecule has 0 unspecified atom stereocenters. The van der Waals surface area contributed by atoms with Gasteiger partial charge in [-0.25, -0.2) is 0 Å². The van der Waals surface area contributed by atoms with Gasteiger partial charge in [0.1, 0.15) is 5.75 Å². The number of piperidine rings is 1. The van der Waals surface area contributed by atoms with Gasteiger partial charge in [-0.05, 0) is 68.5 Å². The summed E-state index contributed by atoms with van der Waals surface area (Å²) in [5.74, 6) is 1.28. The second-order valence-electron chi connectivity index (χ2n) is 7.15. The van der Waals surface area contributed by atoms with E-state index in [1.165, 1.54) is 11.1 Å². The fourth-order valence-corrected chi connectivity index (χ4v) is 3.46. The zero-order chi connectivity index (χ0) is 18.7. The van der Waals surface area contributed by atoms with E-state index in [1.807, 2.05) is 18.2 Å². The van der Waals surface area contributed by atoms with Crippen LogP contribution in [-0.2, 0) is 17.6 Å². The first kappa shape index (κ1) is 19.4. The van der Waals surface area contributed by atoms with E-state index < -0.39 is 0 Å². The maximum Gasteiger partial charge on any atom is 0.223 e. The summed E-state index contributed by atoms with van der Waals surface area (Å²) in [4.78, 5) is 12.2. The van der Waals surface area contributed by atoms with Crippen molar-refractivity contribution in [1.29, 1.82) is 0 Å². The molecule has 1 amide bonds. The Kier molecular flexibility index (Phi) is 7.72. The van der Waals surface area contributed by atoms with E-state index >= 15 is 0 Å². The molecule has 0 aromatic heterocycles. The first-order valence-corrected chi connectivity index (χ1v) is 10.1. The topological polar surface area (TPSA) is 50.4 Å². The number of rotatable bonds is 9. The van der Waals surface area contributed by atoms with E-state index in [9.17, 15) is 4.79 Å². The quantitative estimate of drug-likeness (QED) is 0.669. The van der Waals surface area contributed by atoms with Crippen molar-refractivity contribution in [2.24, 2.45) is 5.92 Å². The first-order valence-electron chi connectivity index (χ1n) is 10.1. The van der Waals surface area contributed by atoms with Crippen molar-refractivity contribution in [1.82, 2.24) is 10.6 Å². The van der Waals surface area contributed by atoms with E-state index in [-0.39, 0.29) is 11.8 Å². The minimum Gasteiger partial charge on any atom is -0.494 e. The van der Waals surface area contributed by atoms with Gasteiger partial charge in [-0.15, -0.1) is 0 Å². The molecule has 0 radical (unpaired) electrons. The van der Waals surface area contributed by atoms with Crippen LogP contribution in [0.15, 0.2) is 54.6 Å². The van der Waals surface area contributed by atoms with Crippen LogP contribution in [0, 0.1) is 5.92 Å². The van der Waals surface area contributed by atoms with Gasteiger partial charge in [-0.3, -0.25) is 4.79 Å². The first-order chi connectivity index (χ1) is 13.3. The molecule has 4 nitrogen and oxygen atoms in total. The third-order valence-electron chi connectivity index (χ3n) is 5.04. The molecule has 27 heavy (non-hydrogen) atoms. The number of nitrogens with one attached hydrogen (secondary N) is 2. The molecule has 0 aliphatic carbocycles. The molecule has 2 aromatic rings. The molecule has 3 rings (SSSR count). The van der Waals surface area contributed by atoms with Gasteiger partial charge in [0.2, 0.25) is 5.91 Å². The lowest BCUT2D eigenvalue weighted by molar-refractivity contribution is -0.125. The number of hydrogen-bond acceptors (Lipinski definition) is 3. The summed E-state index contributed by atoms with van der Waals surface area (Å²) in [5.41, 5.74) is 2.54. The van der Waals surface area contributed by atoms with Crippen molar-refractivity contribution >= 4 is 5.91 Å². The van der Waals surface area contributed by atoms with Crippen molar-refractivity contribution in [3.05, 3.63) is 65.7 Å². The molecule has 1 saturated heterocycles. The van der Waals surface area contributed by atoms with E-state index in [0.29, 0.717) is 13.2 Å². The van der Waals surface area contributed by atoms with Crippen LogP contribution in [0.4, 0.5) is 0 Å². The van der Waals surface area contributed by atoms with Gasteiger partial charge in [-0.2, -0.15) is 0 Å². The summed E-state index contributed by atoms with van der Waals surface area (Å²) in [6, 6.07) is 18.7. The Balaban J connectivity index is 1.36. The summed E-state index contributed by atoms with van der Waals surface area (Å²) in [6.45, 7) is 3.29. The second-order valence-corrected chi connectivity index (χ2v) is 7.15. The van der Waals surface area contributed by atoms with Gasteiger partial charge in [0.25, 0.3) is 0 Å². The maximum atomic E-state index is 12.2. The van der Waals surface area contributed by atoms with E-state index in [2.05, 4.69) is 47.0 Å². The zero-order valence-electron chi connectivity index (χ0n) is 16.0. The highest BCUT2D eigenvalue weighted by Gasteiger charge is 2.20. The zero-order valence-corrected chi connectivity index (χ0v) is 16.0. The summed E-state index contributed by atoms with van der Waals surface area (Å²) < 4.78 is 5.90. The number of ether oxygens (including phenoxy) is 1. The van der Waals surface area contributed by atoms with E-state index in [1.54, 1.807) is 0 Å². The Morgan fingerprint density at radius 2 is 1.78 bits per heavy atom. The molecule has 0 saturated carbocycles. The summed E-state index contributed by atoms with van der Waals surface area (Å²) in [6.07, 6.45) is 4.75. The molecule has 0 atom stereocenters. The average molecular weight is 367 g/mol. The number of hydrogen-bond donors (Lipinski definition) is 2. The highest BCUT2D eigenvalue weighted by molar-refractivity contribution is 5.78. The Labute approximate surface area is 162 Å². The second kappa shape index (κ2) is 10.7. The van der Waals surface area contributed by atoms with Crippen molar-refractivity contribution < 1.29 is 9.53 Å². The van der Waals surface area contributed by atoms with Crippen LogP contribution < -0.4 is 15.4 Å². The third kappa shape index (κ3) is 6.72. The summed E-state index contributed by atoms with van der Waals surface area (Å²) in [7, 11) is 0. The molecule has 2 aromatic carbocycles. The van der Waals surface area contributed by atoms with Gasteiger partial charge in [0.05, 0.1) is 6.61 Å².